The van der Waals surface area contributed by atoms with Crippen molar-refractivity contribution in [1.29, 1.82) is 0 Å². The molecule has 2 rings (SSSR count). The Morgan fingerprint density at radius 2 is 1.95 bits per heavy atom. The van der Waals surface area contributed by atoms with Gasteiger partial charge in [-0.1, -0.05) is 12.1 Å². The highest BCUT2D eigenvalue weighted by Crippen LogP contribution is 2.26. The zero-order valence-electron chi connectivity index (χ0n) is 11.1. The predicted octanol–water partition coefficient (Wildman–Crippen LogP) is 2.33. The predicted molar refractivity (Wildman–Crippen MR) is 84.3 cm³/mol. The first-order valence-electron chi connectivity index (χ1n) is 6.27. The summed E-state index contributed by atoms with van der Waals surface area (Å²) in [4.78, 5) is 15.8. The van der Waals surface area contributed by atoms with Gasteiger partial charge in [-0.15, -0.1) is 0 Å². The molecule has 1 heterocycles. The summed E-state index contributed by atoms with van der Waals surface area (Å²) in [6.07, 6.45) is 3.06. The summed E-state index contributed by atoms with van der Waals surface area (Å²) in [6.45, 7) is 3.34. The third-order valence-electron chi connectivity index (χ3n) is 2.60. The Balaban J connectivity index is 1.99. The van der Waals surface area contributed by atoms with Crippen molar-refractivity contribution in [3.05, 3.63) is 50.7 Å². The molecule has 0 fully saturated rings. The van der Waals surface area contributed by atoms with E-state index in [1.807, 2.05) is 53.8 Å². The van der Waals surface area contributed by atoms with Gasteiger partial charge >= 0.3 is 0 Å². The summed E-state index contributed by atoms with van der Waals surface area (Å²) < 4.78 is 13.3. The largest absolute Gasteiger partial charge is 0.490 e. The number of ether oxygens (including phenoxy) is 2. The van der Waals surface area contributed by atoms with E-state index in [0.717, 1.165) is 0 Å². The summed E-state index contributed by atoms with van der Waals surface area (Å²) >= 11 is 1.97. The monoisotopic (exact) mass is 386 g/mol. The van der Waals surface area contributed by atoms with Gasteiger partial charge in [-0.05, 0) is 41.6 Å². The van der Waals surface area contributed by atoms with Crippen molar-refractivity contribution >= 4 is 22.6 Å². The fourth-order valence-corrected chi connectivity index (χ4v) is 2.15. The summed E-state index contributed by atoms with van der Waals surface area (Å²) in [7, 11) is 0. The first kappa shape index (κ1) is 14.8. The lowest BCUT2D eigenvalue weighted by Gasteiger charge is -2.12. The summed E-state index contributed by atoms with van der Waals surface area (Å²) in [5.41, 5.74) is -0.0534. The van der Waals surface area contributed by atoms with Gasteiger partial charge < -0.3 is 9.47 Å². The van der Waals surface area contributed by atoms with Crippen LogP contribution in [-0.4, -0.2) is 22.8 Å². The van der Waals surface area contributed by atoms with Gasteiger partial charge in [0.05, 0.1) is 23.0 Å². The number of aromatic nitrogens is 2. The van der Waals surface area contributed by atoms with Crippen molar-refractivity contribution in [3.63, 3.8) is 0 Å². The van der Waals surface area contributed by atoms with Crippen LogP contribution in [0.3, 0.4) is 0 Å². The first-order valence-corrected chi connectivity index (χ1v) is 7.35. The number of nitrogens with zero attached hydrogens (tertiary/aromatic N) is 2. The maximum atomic E-state index is 11.8. The molecule has 2 aromatic rings. The minimum Gasteiger partial charge on any atom is -0.490 e. The summed E-state index contributed by atoms with van der Waals surface area (Å²) in [5.74, 6) is 1.39. The smallest absolute Gasteiger partial charge is 0.266 e. The number of hydrogen-bond donors (Lipinski definition) is 0. The van der Waals surface area contributed by atoms with Crippen molar-refractivity contribution in [2.75, 3.05) is 13.2 Å². The number of halogens is 1. The highest BCUT2D eigenvalue weighted by atomic mass is 127. The van der Waals surface area contributed by atoms with Crippen LogP contribution in [0.4, 0.5) is 0 Å². The molecule has 20 heavy (non-hydrogen) atoms. The first-order chi connectivity index (χ1) is 9.72. The van der Waals surface area contributed by atoms with Gasteiger partial charge in [0, 0.05) is 6.20 Å². The second kappa shape index (κ2) is 7.28. The number of rotatable bonds is 6. The molecule has 0 unspecified atom stereocenters. The van der Waals surface area contributed by atoms with Crippen molar-refractivity contribution < 1.29 is 9.47 Å². The zero-order chi connectivity index (χ0) is 14.4. The SMILES string of the molecule is CCOc1ccccc1OCCn1cncc(I)c1=O. The molecule has 0 atom stereocenters. The van der Waals surface area contributed by atoms with E-state index in [-0.39, 0.29) is 5.56 Å². The van der Waals surface area contributed by atoms with Crippen LogP contribution in [0.1, 0.15) is 6.92 Å². The molecule has 0 saturated heterocycles. The number of para-hydroxylation sites is 2. The minimum atomic E-state index is -0.0534. The van der Waals surface area contributed by atoms with Crippen LogP contribution in [0.25, 0.3) is 0 Å². The Bertz CT molecular complexity index is 628. The Morgan fingerprint density at radius 3 is 2.65 bits per heavy atom. The topological polar surface area (TPSA) is 53.4 Å². The van der Waals surface area contributed by atoms with Gasteiger partial charge in [0.25, 0.3) is 5.56 Å². The van der Waals surface area contributed by atoms with Gasteiger partial charge in [-0.25, -0.2) is 4.98 Å². The molecule has 106 valence electrons. The van der Waals surface area contributed by atoms with Crippen LogP contribution in [0.2, 0.25) is 0 Å². The van der Waals surface area contributed by atoms with Crippen LogP contribution in [0.5, 0.6) is 11.5 Å². The highest BCUT2D eigenvalue weighted by Gasteiger charge is 2.04. The summed E-state index contributed by atoms with van der Waals surface area (Å²) in [6, 6.07) is 7.49. The zero-order valence-corrected chi connectivity index (χ0v) is 13.2. The van der Waals surface area contributed by atoms with Crippen molar-refractivity contribution in [2.24, 2.45) is 0 Å². The standard InChI is InChI=1S/C14H15IN2O3/c1-2-19-12-5-3-4-6-13(12)20-8-7-17-10-16-9-11(15)14(17)18/h3-6,9-10H,2,7-8H2,1H3. The van der Waals surface area contributed by atoms with Gasteiger partial charge in [0.1, 0.15) is 6.61 Å². The lowest BCUT2D eigenvalue weighted by Crippen LogP contribution is -2.25. The van der Waals surface area contributed by atoms with Crippen molar-refractivity contribution in [2.45, 2.75) is 13.5 Å². The van der Waals surface area contributed by atoms with E-state index >= 15 is 0 Å². The number of hydrogen-bond acceptors (Lipinski definition) is 4. The van der Waals surface area contributed by atoms with E-state index in [9.17, 15) is 4.79 Å². The molecule has 5 nitrogen and oxygen atoms in total. The molecule has 1 aromatic heterocycles. The van der Waals surface area contributed by atoms with E-state index in [1.165, 1.54) is 10.9 Å². The lowest BCUT2D eigenvalue weighted by atomic mass is 10.3. The van der Waals surface area contributed by atoms with E-state index in [2.05, 4.69) is 4.98 Å². The quantitative estimate of drug-likeness (QED) is 0.716. The highest BCUT2D eigenvalue weighted by molar-refractivity contribution is 14.1. The van der Waals surface area contributed by atoms with E-state index in [4.69, 9.17) is 9.47 Å². The molecule has 0 amide bonds. The van der Waals surface area contributed by atoms with Crippen molar-refractivity contribution in [1.82, 2.24) is 9.55 Å². The Labute approximate surface area is 130 Å². The molecular formula is C14H15IN2O3. The van der Waals surface area contributed by atoms with Gasteiger partial charge in [-0.2, -0.15) is 0 Å². The fourth-order valence-electron chi connectivity index (χ4n) is 1.68. The van der Waals surface area contributed by atoms with Crippen molar-refractivity contribution in [3.8, 4) is 11.5 Å². The molecule has 0 aliphatic rings. The normalized spacial score (nSPS) is 10.3. The van der Waals surface area contributed by atoms with Crippen LogP contribution in [-0.2, 0) is 6.54 Å². The molecule has 6 heteroatoms. The fraction of sp³-hybridized carbons (Fsp3) is 0.286. The van der Waals surface area contributed by atoms with Crippen LogP contribution >= 0.6 is 22.6 Å². The average Bonchev–Trinajstić information content (AvgIpc) is 2.45. The molecule has 0 spiro atoms. The van der Waals surface area contributed by atoms with E-state index in [0.29, 0.717) is 34.8 Å². The molecule has 0 N–H and O–H groups in total. The third-order valence-corrected chi connectivity index (χ3v) is 3.34. The molecular weight excluding hydrogens is 371 g/mol. The summed E-state index contributed by atoms with van der Waals surface area (Å²) in [5, 5.41) is 0. The third kappa shape index (κ3) is 3.72. The van der Waals surface area contributed by atoms with Gasteiger partial charge in [-0.3, -0.25) is 9.36 Å². The second-order valence-corrected chi connectivity index (χ2v) is 5.13. The van der Waals surface area contributed by atoms with E-state index < -0.39 is 0 Å². The van der Waals surface area contributed by atoms with Gasteiger partial charge in [0.2, 0.25) is 0 Å². The maximum absolute atomic E-state index is 11.8. The minimum absolute atomic E-state index is 0.0534. The lowest BCUT2D eigenvalue weighted by molar-refractivity contribution is 0.265. The molecule has 0 radical (unpaired) electrons. The Morgan fingerprint density at radius 1 is 1.25 bits per heavy atom. The second-order valence-electron chi connectivity index (χ2n) is 3.97. The molecule has 0 aliphatic carbocycles. The molecule has 1 aromatic carbocycles. The molecule has 0 saturated carbocycles. The molecule has 0 bridgehead atoms. The maximum Gasteiger partial charge on any atom is 0.266 e. The van der Waals surface area contributed by atoms with Crippen LogP contribution in [0.15, 0.2) is 41.6 Å². The number of benzene rings is 1. The van der Waals surface area contributed by atoms with E-state index in [1.54, 1.807) is 6.20 Å². The average molecular weight is 386 g/mol. The van der Waals surface area contributed by atoms with Gasteiger partial charge in [0.15, 0.2) is 11.5 Å². The van der Waals surface area contributed by atoms with Crippen LogP contribution < -0.4 is 15.0 Å². The Hall–Kier alpha value is -1.57. The van der Waals surface area contributed by atoms with Crippen LogP contribution in [0, 0.1) is 3.57 Å². The Kier molecular flexibility index (Phi) is 5.40. The molecule has 0 aliphatic heterocycles.